The number of nitrogens with one attached hydrogen (secondary N) is 2. The van der Waals surface area contributed by atoms with Gasteiger partial charge in [-0.25, -0.2) is 4.79 Å². The molecule has 4 heteroatoms. The van der Waals surface area contributed by atoms with E-state index in [0.29, 0.717) is 6.54 Å². The van der Waals surface area contributed by atoms with E-state index < -0.39 is 0 Å². The molecule has 0 aliphatic carbocycles. The molecule has 0 bridgehead atoms. The van der Waals surface area contributed by atoms with Crippen molar-refractivity contribution in [3.8, 4) is 0 Å². The largest absolute Gasteiger partial charge is 0.464 e. The van der Waals surface area contributed by atoms with Gasteiger partial charge >= 0.3 is 6.03 Å². The zero-order valence-corrected chi connectivity index (χ0v) is 9.12. The average Bonchev–Trinajstić information content (AvgIpc) is 2.73. The number of para-hydroxylation sites is 1. The molecule has 0 atom stereocenters. The van der Waals surface area contributed by atoms with E-state index in [4.69, 9.17) is 4.42 Å². The number of urea groups is 1. The van der Waals surface area contributed by atoms with Crippen LogP contribution in [0, 0.1) is 0 Å². The molecule has 0 saturated carbocycles. The summed E-state index contributed by atoms with van der Waals surface area (Å²) in [5, 5.41) is 6.36. The lowest BCUT2D eigenvalue weighted by molar-refractivity contribution is 0.243. The van der Waals surface area contributed by atoms with Gasteiger partial charge in [0.15, 0.2) is 0 Å². The minimum Gasteiger partial charge on any atom is -0.464 e. The number of amides is 2. The summed E-state index contributed by atoms with van der Waals surface area (Å²) in [5.74, 6) is 0. The van der Waals surface area contributed by atoms with E-state index in [1.54, 1.807) is 13.3 Å². The van der Waals surface area contributed by atoms with Crippen molar-refractivity contribution in [1.82, 2.24) is 10.6 Å². The average molecular weight is 218 g/mol. The van der Waals surface area contributed by atoms with Crippen LogP contribution in [-0.2, 0) is 6.42 Å². The predicted octanol–water partition coefficient (Wildman–Crippen LogP) is 1.90. The van der Waals surface area contributed by atoms with Crippen LogP contribution in [-0.4, -0.2) is 19.6 Å². The first-order valence-electron chi connectivity index (χ1n) is 5.22. The van der Waals surface area contributed by atoms with Crippen molar-refractivity contribution in [3.63, 3.8) is 0 Å². The summed E-state index contributed by atoms with van der Waals surface area (Å²) in [5.41, 5.74) is 2.00. The SMILES string of the molecule is CNC(=O)NCCc1coc2ccccc12. The third kappa shape index (κ3) is 2.16. The van der Waals surface area contributed by atoms with Crippen LogP contribution in [0.25, 0.3) is 11.0 Å². The normalized spacial score (nSPS) is 10.3. The topological polar surface area (TPSA) is 54.3 Å². The van der Waals surface area contributed by atoms with Gasteiger partial charge in [0.25, 0.3) is 0 Å². The molecule has 0 fully saturated rings. The van der Waals surface area contributed by atoms with Gasteiger partial charge in [0.05, 0.1) is 6.26 Å². The number of fused-ring (bicyclic) bond motifs is 1. The Morgan fingerprint density at radius 2 is 2.19 bits per heavy atom. The van der Waals surface area contributed by atoms with E-state index in [1.165, 1.54) is 0 Å². The number of benzene rings is 1. The maximum Gasteiger partial charge on any atom is 0.314 e. The van der Waals surface area contributed by atoms with E-state index in [-0.39, 0.29) is 6.03 Å². The van der Waals surface area contributed by atoms with Crippen molar-refractivity contribution >= 4 is 17.0 Å². The van der Waals surface area contributed by atoms with Crippen LogP contribution >= 0.6 is 0 Å². The molecule has 1 aromatic heterocycles. The van der Waals surface area contributed by atoms with Crippen LogP contribution in [0.4, 0.5) is 4.79 Å². The lowest BCUT2D eigenvalue weighted by atomic mass is 10.1. The minimum atomic E-state index is -0.159. The second-order valence-corrected chi connectivity index (χ2v) is 3.51. The molecule has 1 heterocycles. The summed E-state index contributed by atoms with van der Waals surface area (Å²) in [6.07, 6.45) is 2.51. The first-order valence-corrected chi connectivity index (χ1v) is 5.22. The van der Waals surface area contributed by atoms with Crippen molar-refractivity contribution < 1.29 is 9.21 Å². The first-order chi connectivity index (χ1) is 7.81. The van der Waals surface area contributed by atoms with Crippen LogP contribution in [0.3, 0.4) is 0 Å². The molecular weight excluding hydrogens is 204 g/mol. The highest BCUT2D eigenvalue weighted by Crippen LogP contribution is 2.20. The maximum absolute atomic E-state index is 11.0. The number of rotatable bonds is 3. The minimum absolute atomic E-state index is 0.159. The molecule has 0 aliphatic rings. The second kappa shape index (κ2) is 4.70. The first kappa shape index (κ1) is 10.5. The molecule has 0 saturated heterocycles. The molecule has 0 spiro atoms. The van der Waals surface area contributed by atoms with E-state index in [2.05, 4.69) is 10.6 Å². The van der Waals surface area contributed by atoms with Crippen LogP contribution in [0.5, 0.6) is 0 Å². The molecule has 84 valence electrons. The Morgan fingerprint density at radius 1 is 1.38 bits per heavy atom. The van der Waals surface area contributed by atoms with E-state index >= 15 is 0 Å². The summed E-state index contributed by atoms with van der Waals surface area (Å²) in [6.45, 7) is 0.600. The molecule has 0 radical (unpaired) electrons. The van der Waals surface area contributed by atoms with Crippen molar-refractivity contribution in [1.29, 1.82) is 0 Å². The molecule has 2 amide bonds. The Labute approximate surface area is 93.6 Å². The third-order valence-electron chi connectivity index (χ3n) is 2.47. The summed E-state index contributed by atoms with van der Waals surface area (Å²) >= 11 is 0. The van der Waals surface area contributed by atoms with Crippen LogP contribution < -0.4 is 10.6 Å². The van der Waals surface area contributed by atoms with Crippen molar-refractivity contribution in [2.45, 2.75) is 6.42 Å². The molecule has 1 aromatic carbocycles. The standard InChI is InChI=1S/C12H14N2O2/c1-13-12(15)14-7-6-9-8-16-11-5-3-2-4-10(9)11/h2-5,8H,6-7H2,1H3,(H2,13,14,15). The highest BCUT2D eigenvalue weighted by molar-refractivity contribution is 5.81. The summed E-state index contributed by atoms with van der Waals surface area (Å²) < 4.78 is 5.40. The predicted molar refractivity (Wildman–Crippen MR) is 62.4 cm³/mol. The van der Waals surface area contributed by atoms with E-state index in [1.807, 2.05) is 24.3 Å². The summed E-state index contributed by atoms with van der Waals surface area (Å²) in [6, 6.07) is 7.72. The Bertz CT molecular complexity index is 490. The van der Waals surface area contributed by atoms with Gasteiger partial charge in [0.2, 0.25) is 0 Å². The fourth-order valence-corrected chi connectivity index (χ4v) is 1.63. The van der Waals surface area contributed by atoms with Crippen molar-refractivity contribution in [3.05, 3.63) is 36.1 Å². The van der Waals surface area contributed by atoms with Crippen LogP contribution in [0.2, 0.25) is 0 Å². The molecule has 0 aliphatic heterocycles. The van der Waals surface area contributed by atoms with Gasteiger partial charge in [0, 0.05) is 19.0 Å². The van der Waals surface area contributed by atoms with Gasteiger partial charge in [-0.05, 0) is 18.1 Å². The van der Waals surface area contributed by atoms with Gasteiger partial charge < -0.3 is 15.1 Å². The van der Waals surface area contributed by atoms with Crippen LogP contribution in [0.1, 0.15) is 5.56 Å². The Balaban J connectivity index is 2.02. The van der Waals surface area contributed by atoms with Gasteiger partial charge in [-0.3, -0.25) is 0 Å². The molecule has 16 heavy (non-hydrogen) atoms. The fourth-order valence-electron chi connectivity index (χ4n) is 1.63. The summed E-state index contributed by atoms with van der Waals surface area (Å²) in [7, 11) is 1.60. The van der Waals surface area contributed by atoms with Crippen molar-refractivity contribution in [2.24, 2.45) is 0 Å². The van der Waals surface area contributed by atoms with E-state index in [0.717, 1.165) is 23.0 Å². The molecule has 0 unspecified atom stereocenters. The van der Waals surface area contributed by atoms with Gasteiger partial charge in [-0.15, -0.1) is 0 Å². The highest BCUT2D eigenvalue weighted by atomic mass is 16.3. The lowest BCUT2D eigenvalue weighted by Gasteiger charge is -2.02. The molecule has 4 nitrogen and oxygen atoms in total. The second-order valence-electron chi connectivity index (χ2n) is 3.51. The fraction of sp³-hybridized carbons (Fsp3) is 0.250. The van der Waals surface area contributed by atoms with E-state index in [9.17, 15) is 4.79 Å². The highest BCUT2D eigenvalue weighted by Gasteiger charge is 2.04. The zero-order valence-electron chi connectivity index (χ0n) is 9.12. The number of hydrogen-bond acceptors (Lipinski definition) is 2. The van der Waals surface area contributed by atoms with Gasteiger partial charge in [0.1, 0.15) is 5.58 Å². The zero-order chi connectivity index (χ0) is 11.4. The lowest BCUT2D eigenvalue weighted by Crippen LogP contribution is -2.33. The Kier molecular flexibility index (Phi) is 3.10. The number of carbonyl (C=O) groups excluding carboxylic acids is 1. The summed E-state index contributed by atoms with van der Waals surface area (Å²) in [4.78, 5) is 11.0. The Hall–Kier alpha value is -1.97. The number of carbonyl (C=O) groups is 1. The Morgan fingerprint density at radius 3 is 3.00 bits per heavy atom. The maximum atomic E-state index is 11.0. The molecule has 2 aromatic rings. The molecule has 2 N–H and O–H groups in total. The monoisotopic (exact) mass is 218 g/mol. The van der Waals surface area contributed by atoms with Gasteiger partial charge in [-0.1, -0.05) is 18.2 Å². The molecular formula is C12H14N2O2. The molecule has 2 rings (SSSR count). The number of hydrogen-bond donors (Lipinski definition) is 2. The number of furan rings is 1. The van der Waals surface area contributed by atoms with Gasteiger partial charge in [-0.2, -0.15) is 0 Å². The van der Waals surface area contributed by atoms with Crippen LogP contribution in [0.15, 0.2) is 34.9 Å². The smallest absolute Gasteiger partial charge is 0.314 e. The van der Waals surface area contributed by atoms with Crippen molar-refractivity contribution in [2.75, 3.05) is 13.6 Å². The quantitative estimate of drug-likeness (QED) is 0.826. The third-order valence-corrected chi connectivity index (χ3v) is 2.47.